The molecule has 1 saturated heterocycles. The zero-order chi connectivity index (χ0) is 17.0. The van der Waals surface area contributed by atoms with Crippen molar-refractivity contribution in [2.24, 2.45) is 0 Å². The number of esters is 2. The van der Waals surface area contributed by atoms with E-state index in [-0.39, 0.29) is 25.3 Å². The van der Waals surface area contributed by atoms with Crippen LogP contribution in [0.5, 0.6) is 0 Å². The Hall–Kier alpha value is -1.66. The summed E-state index contributed by atoms with van der Waals surface area (Å²) in [4.78, 5) is 21.5. The molecule has 0 aromatic heterocycles. The number of hydrogen-bond donors (Lipinski definition) is 1. The summed E-state index contributed by atoms with van der Waals surface area (Å²) in [7, 11) is 0. The Kier molecular flexibility index (Phi) is 11.0. The van der Waals surface area contributed by atoms with Gasteiger partial charge in [-0.3, -0.25) is 0 Å². The van der Waals surface area contributed by atoms with Crippen LogP contribution in [0.25, 0.3) is 0 Å². The fraction of sp³-hybridized carbons (Fsp3) is 0.625. The average Bonchev–Trinajstić information content (AvgIpc) is 2.98. The predicted molar refractivity (Wildman–Crippen MR) is 82.2 cm³/mol. The molecule has 1 aliphatic heterocycles. The molecule has 1 N–H and O–H groups in total. The molecule has 22 heavy (non-hydrogen) atoms. The van der Waals surface area contributed by atoms with Crippen molar-refractivity contribution in [1.29, 1.82) is 0 Å². The fourth-order valence-electron chi connectivity index (χ4n) is 1.42. The molecule has 6 heteroatoms. The summed E-state index contributed by atoms with van der Waals surface area (Å²) in [5.41, 5.74) is 0.825. The zero-order valence-corrected chi connectivity index (χ0v) is 13.4. The van der Waals surface area contributed by atoms with Crippen LogP contribution in [0, 0.1) is 0 Å². The summed E-state index contributed by atoms with van der Waals surface area (Å²) >= 11 is 0. The highest BCUT2D eigenvalue weighted by atomic mass is 16.6. The Morgan fingerprint density at radius 1 is 1.18 bits per heavy atom. The van der Waals surface area contributed by atoms with Gasteiger partial charge in [0.25, 0.3) is 0 Å². The summed E-state index contributed by atoms with van der Waals surface area (Å²) in [6, 6.07) is 0. The maximum Gasteiger partial charge on any atom is 0.333 e. The van der Waals surface area contributed by atoms with Crippen LogP contribution in [0.3, 0.4) is 0 Å². The third-order valence-electron chi connectivity index (χ3n) is 2.66. The normalized spacial score (nSPS) is 16.2. The van der Waals surface area contributed by atoms with Gasteiger partial charge in [0.1, 0.15) is 6.61 Å². The van der Waals surface area contributed by atoms with E-state index in [4.69, 9.17) is 14.6 Å². The number of ether oxygens (including phenoxy) is 3. The third-order valence-corrected chi connectivity index (χ3v) is 2.66. The molecule has 1 heterocycles. The van der Waals surface area contributed by atoms with Crippen LogP contribution in [0.4, 0.5) is 0 Å². The van der Waals surface area contributed by atoms with Crippen LogP contribution < -0.4 is 0 Å². The van der Waals surface area contributed by atoms with Crippen LogP contribution >= 0.6 is 0 Å². The van der Waals surface area contributed by atoms with Gasteiger partial charge in [-0.2, -0.15) is 0 Å². The number of aliphatic hydroxyl groups is 1. The largest absolute Gasteiger partial charge is 0.462 e. The number of rotatable bonds is 7. The SMILES string of the molecule is C=C(C)C(=O)OCC1CCCO1.C=C(C)C(=O)OCCCO. The molecule has 0 saturated carbocycles. The van der Waals surface area contributed by atoms with Gasteiger partial charge in [-0.25, -0.2) is 9.59 Å². The van der Waals surface area contributed by atoms with Gasteiger partial charge < -0.3 is 19.3 Å². The summed E-state index contributed by atoms with van der Waals surface area (Å²) < 4.78 is 14.8. The first-order valence-corrected chi connectivity index (χ1v) is 7.26. The van der Waals surface area contributed by atoms with Crippen LogP contribution in [0.1, 0.15) is 33.1 Å². The van der Waals surface area contributed by atoms with Crippen molar-refractivity contribution in [2.75, 3.05) is 26.4 Å². The highest BCUT2D eigenvalue weighted by Gasteiger charge is 2.17. The molecule has 1 aliphatic rings. The quantitative estimate of drug-likeness (QED) is 0.438. The molecule has 0 radical (unpaired) electrons. The van der Waals surface area contributed by atoms with Crippen molar-refractivity contribution in [3.8, 4) is 0 Å². The molecule has 0 bridgehead atoms. The van der Waals surface area contributed by atoms with E-state index in [1.54, 1.807) is 13.8 Å². The van der Waals surface area contributed by atoms with Crippen molar-refractivity contribution in [3.05, 3.63) is 24.3 Å². The second kappa shape index (κ2) is 11.9. The van der Waals surface area contributed by atoms with E-state index in [9.17, 15) is 9.59 Å². The highest BCUT2D eigenvalue weighted by molar-refractivity contribution is 5.87. The minimum atomic E-state index is -0.395. The molecule has 1 unspecified atom stereocenters. The molecule has 6 nitrogen and oxygen atoms in total. The molecule has 0 aromatic carbocycles. The Labute approximate surface area is 131 Å². The fourth-order valence-corrected chi connectivity index (χ4v) is 1.42. The van der Waals surface area contributed by atoms with E-state index in [0.29, 0.717) is 24.2 Å². The molecule has 0 amide bonds. The maximum absolute atomic E-state index is 10.9. The van der Waals surface area contributed by atoms with Crippen LogP contribution in [0.2, 0.25) is 0 Å². The number of aliphatic hydroxyl groups excluding tert-OH is 1. The molecule has 0 aromatic rings. The number of carbonyl (C=O) groups excluding carboxylic acids is 2. The van der Waals surface area contributed by atoms with E-state index in [1.165, 1.54) is 0 Å². The monoisotopic (exact) mass is 314 g/mol. The predicted octanol–water partition coefficient (Wildman–Crippen LogP) is 1.77. The van der Waals surface area contributed by atoms with Gasteiger partial charge in [0, 0.05) is 30.8 Å². The average molecular weight is 314 g/mol. The Balaban J connectivity index is 0.000000409. The van der Waals surface area contributed by atoms with Crippen LogP contribution in [-0.2, 0) is 23.8 Å². The highest BCUT2D eigenvalue weighted by Crippen LogP contribution is 2.12. The molecular weight excluding hydrogens is 288 g/mol. The Morgan fingerprint density at radius 3 is 2.23 bits per heavy atom. The minimum Gasteiger partial charge on any atom is -0.462 e. The Morgan fingerprint density at radius 2 is 1.77 bits per heavy atom. The standard InChI is InChI=1S/C9H14O3.C7H12O3/c1-7(2)9(10)12-6-8-4-3-5-11-8;1-6(2)7(9)10-5-3-4-8/h8H,1,3-6H2,2H3;8H,1,3-5H2,2H3. The van der Waals surface area contributed by atoms with Gasteiger partial charge in [-0.05, 0) is 26.7 Å². The summed E-state index contributed by atoms with van der Waals surface area (Å²) in [5, 5.41) is 8.30. The van der Waals surface area contributed by atoms with Gasteiger partial charge in [0.2, 0.25) is 0 Å². The number of hydrogen-bond acceptors (Lipinski definition) is 6. The second-order valence-corrected chi connectivity index (χ2v) is 5.01. The van der Waals surface area contributed by atoms with E-state index >= 15 is 0 Å². The van der Waals surface area contributed by atoms with Gasteiger partial charge in [0.15, 0.2) is 0 Å². The van der Waals surface area contributed by atoms with Gasteiger partial charge in [-0.15, -0.1) is 0 Å². The van der Waals surface area contributed by atoms with Gasteiger partial charge in [-0.1, -0.05) is 13.2 Å². The smallest absolute Gasteiger partial charge is 0.333 e. The minimum absolute atomic E-state index is 0.0451. The Bertz CT molecular complexity index is 382. The molecule has 126 valence electrons. The first-order chi connectivity index (χ1) is 10.4. The lowest BCUT2D eigenvalue weighted by atomic mass is 10.2. The molecule has 0 spiro atoms. The lowest BCUT2D eigenvalue weighted by molar-refractivity contribution is -0.142. The van der Waals surface area contributed by atoms with Crippen LogP contribution in [-0.4, -0.2) is 49.6 Å². The molecular formula is C16H26O6. The second-order valence-electron chi connectivity index (χ2n) is 5.01. The maximum atomic E-state index is 10.9. The zero-order valence-electron chi connectivity index (χ0n) is 13.4. The lowest BCUT2D eigenvalue weighted by Gasteiger charge is -2.09. The van der Waals surface area contributed by atoms with Crippen molar-refractivity contribution >= 4 is 11.9 Å². The van der Waals surface area contributed by atoms with Gasteiger partial charge in [0.05, 0.1) is 12.7 Å². The van der Waals surface area contributed by atoms with Gasteiger partial charge >= 0.3 is 11.9 Å². The lowest BCUT2D eigenvalue weighted by Crippen LogP contribution is -2.17. The number of carbonyl (C=O) groups is 2. The third kappa shape index (κ3) is 10.1. The topological polar surface area (TPSA) is 82.1 Å². The summed E-state index contributed by atoms with van der Waals surface area (Å²) in [6.45, 7) is 11.6. The molecule has 1 atom stereocenters. The van der Waals surface area contributed by atoms with Crippen molar-refractivity contribution in [3.63, 3.8) is 0 Å². The van der Waals surface area contributed by atoms with Crippen molar-refractivity contribution in [2.45, 2.75) is 39.2 Å². The van der Waals surface area contributed by atoms with E-state index in [1.807, 2.05) is 0 Å². The molecule has 0 aliphatic carbocycles. The van der Waals surface area contributed by atoms with E-state index in [2.05, 4.69) is 17.9 Å². The van der Waals surface area contributed by atoms with E-state index in [0.717, 1.165) is 19.4 Å². The summed E-state index contributed by atoms with van der Waals surface area (Å²) in [5.74, 6) is -0.723. The van der Waals surface area contributed by atoms with E-state index < -0.39 is 5.97 Å². The molecule has 1 rings (SSSR count). The summed E-state index contributed by atoms with van der Waals surface area (Å²) in [6.07, 6.45) is 2.64. The first-order valence-electron chi connectivity index (χ1n) is 7.26. The first kappa shape index (κ1) is 20.3. The molecule has 1 fully saturated rings. The van der Waals surface area contributed by atoms with Crippen molar-refractivity contribution in [1.82, 2.24) is 0 Å². The van der Waals surface area contributed by atoms with Crippen LogP contribution in [0.15, 0.2) is 24.3 Å². The van der Waals surface area contributed by atoms with Crippen molar-refractivity contribution < 1.29 is 28.9 Å².